The van der Waals surface area contributed by atoms with Crippen molar-refractivity contribution in [2.45, 2.75) is 42.4 Å². The van der Waals surface area contributed by atoms with Gasteiger partial charge in [0.2, 0.25) is 0 Å². The van der Waals surface area contributed by atoms with Gasteiger partial charge in [-0.05, 0) is 78.9 Å². The smallest absolute Gasteiger partial charge is 0.321 e. The molecule has 5 nitrogen and oxygen atoms in total. The molecule has 0 saturated heterocycles. The number of hydrogen-bond donors (Lipinski definition) is 1. The number of amides is 2. The lowest BCUT2D eigenvalue weighted by Crippen LogP contribution is -2.42. The Labute approximate surface area is 235 Å². The molecular weight excluding hydrogens is 504 g/mol. The zero-order chi connectivity index (χ0) is 27.3. The van der Waals surface area contributed by atoms with E-state index in [2.05, 4.69) is 29.6 Å². The van der Waals surface area contributed by atoms with E-state index in [1.54, 1.807) is 11.8 Å². The molecule has 4 aromatic rings. The molecule has 4 rings (SSSR count). The summed E-state index contributed by atoms with van der Waals surface area (Å²) in [6, 6.07) is 35.8. The van der Waals surface area contributed by atoms with E-state index in [1.807, 2.05) is 96.8 Å². The van der Waals surface area contributed by atoms with Gasteiger partial charge >= 0.3 is 12.0 Å². The van der Waals surface area contributed by atoms with E-state index in [-0.39, 0.29) is 12.0 Å². The highest BCUT2D eigenvalue weighted by Crippen LogP contribution is 2.30. The number of nitrogens with zero attached hydrogens (tertiary/aromatic N) is 1. The highest BCUT2D eigenvalue weighted by Gasteiger charge is 2.16. The van der Waals surface area contributed by atoms with Crippen LogP contribution >= 0.6 is 11.8 Å². The van der Waals surface area contributed by atoms with Gasteiger partial charge in [0.15, 0.2) is 0 Å². The summed E-state index contributed by atoms with van der Waals surface area (Å²) in [4.78, 5) is 28.9. The Morgan fingerprint density at radius 3 is 1.90 bits per heavy atom. The van der Waals surface area contributed by atoms with Crippen LogP contribution in [0.4, 0.5) is 10.5 Å². The summed E-state index contributed by atoms with van der Waals surface area (Å²) in [6.07, 6.45) is 2.72. The minimum absolute atomic E-state index is 0.101. The Morgan fingerprint density at radius 1 is 0.744 bits per heavy atom. The quantitative estimate of drug-likeness (QED) is 0.149. The van der Waals surface area contributed by atoms with Crippen LogP contribution in [0.2, 0.25) is 0 Å². The molecule has 0 bridgehead atoms. The maximum Gasteiger partial charge on any atom is 0.321 e. The Hall–Kier alpha value is -4.03. The molecule has 0 radical (unpaired) electrons. The maximum absolute atomic E-state index is 13.3. The molecule has 0 atom stereocenters. The van der Waals surface area contributed by atoms with E-state index in [9.17, 15) is 9.59 Å². The van der Waals surface area contributed by atoms with Gasteiger partial charge in [0.1, 0.15) is 5.75 Å². The average molecular weight is 539 g/mol. The fourth-order valence-electron chi connectivity index (χ4n) is 4.08. The summed E-state index contributed by atoms with van der Waals surface area (Å²) in [5.41, 5.74) is 3.24. The van der Waals surface area contributed by atoms with Gasteiger partial charge in [-0.3, -0.25) is 9.69 Å². The molecule has 39 heavy (non-hydrogen) atoms. The highest BCUT2D eigenvalue weighted by atomic mass is 32.2. The van der Waals surface area contributed by atoms with Crippen LogP contribution in [0, 0.1) is 0 Å². The second-order valence-electron chi connectivity index (χ2n) is 9.15. The maximum atomic E-state index is 13.3. The SMILES string of the molecule is CCCC(=O)Oc1ccc(Sc2ccc(N(CCc3ccccc3)C(=O)NCCc3ccccc3)cc2)cc1. The van der Waals surface area contributed by atoms with Crippen LogP contribution < -0.4 is 15.0 Å². The summed E-state index contributed by atoms with van der Waals surface area (Å²) in [7, 11) is 0. The van der Waals surface area contributed by atoms with Gasteiger partial charge in [0.05, 0.1) is 0 Å². The van der Waals surface area contributed by atoms with Gasteiger partial charge in [-0.25, -0.2) is 4.79 Å². The fraction of sp³-hybridized carbons (Fsp3) is 0.212. The van der Waals surface area contributed by atoms with E-state index in [0.29, 0.717) is 25.3 Å². The number of benzene rings is 4. The summed E-state index contributed by atoms with van der Waals surface area (Å²) < 4.78 is 5.34. The van der Waals surface area contributed by atoms with Crippen LogP contribution in [0.5, 0.6) is 5.75 Å². The topological polar surface area (TPSA) is 58.6 Å². The molecule has 0 saturated carbocycles. The number of hydrogen-bond acceptors (Lipinski definition) is 4. The van der Waals surface area contributed by atoms with Crippen molar-refractivity contribution in [3.05, 3.63) is 120 Å². The largest absolute Gasteiger partial charge is 0.427 e. The lowest BCUT2D eigenvalue weighted by molar-refractivity contribution is -0.134. The van der Waals surface area contributed by atoms with E-state index >= 15 is 0 Å². The molecule has 0 spiro atoms. The summed E-state index contributed by atoms with van der Waals surface area (Å²) in [5, 5.41) is 3.09. The standard InChI is InChI=1S/C33H34N2O3S/c1-2-9-32(36)38-29-16-20-31(21-17-29)39-30-18-14-28(15-19-30)35(25-23-27-12-7-4-8-13-27)33(37)34-24-22-26-10-5-3-6-11-26/h3-8,10-21H,2,9,22-25H2,1H3,(H,34,37). The Bertz CT molecular complexity index is 1310. The van der Waals surface area contributed by atoms with E-state index < -0.39 is 0 Å². The van der Waals surface area contributed by atoms with E-state index in [1.165, 1.54) is 11.1 Å². The lowest BCUT2D eigenvalue weighted by atomic mass is 10.1. The molecule has 0 aliphatic rings. The van der Waals surface area contributed by atoms with Crippen molar-refractivity contribution in [1.29, 1.82) is 0 Å². The number of carbonyl (C=O) groups is 2. The number of esters is 1. The van der Waals surface area contributed by atoms with Crippen LogP contribution in [-0.2, 0) is 17.6 Å². The van der Waals surface area contributed by atoms with E-state index in [0.717, 1.165) is 34.7 Å². The molecule has 0 aromatic heterocycles. The average Bonchev–Trinajstić information content (AvgIpc) is 2.96. The summed E-state index contributed by atoms with van der Waals surface area (Å²) >= 11 is 1.62. The molecule has 6 heteroatoms. The first-order valence-corrected chi connectivity index (χ1v) is 14.1. The van der Waals surface area contributed by atoms with Gasteiger partial charge in [0.25, 0.3) is 0 Å². The molecule has 0 unspecified atom stereocenters. The number of nitrogens with one attached hydrogen (secondary N) is 1. The van der Waals surface area contributed by atoms with Crippen molar-refractivity contribution in [3.8, 4) is 5.75 Å². The van der Waals surface area contributed by atoms with E-state index in [4.69, 9.17) is 4.74 Å². The molecule has 0 fully saturated rings. The van der Waals surface area contributed by atoms with Gasteiger partial charge in [-0.2, -0.15) is 0 Å². The minimum Gasteiger partial charge on any atom is -0.427 e. The third kappa shape index (κ3) is 9.04. The molecular formula is C33H34N2O3S. The van der Waals surface area contributed by atoms with Crippen molar-refractivity contribution in [2.24, 2.45) is 0 Å². The van der Waals surface area contributed by atoms with Crippen molar-refractivity contribution < 1.29 is 14.3 Å². The number of rotatable bonds is 12. The van der Waals surface area contributed by atoms with Crippen LogP contribution in [0.1, 0.15) is 30.9 Å². The minimum atomic E-state index is -0.214. The van der Waals surface area contributed by atoms with Crippen molar-refractivity contribution >= 4 is 29.4 Å². The van der Waals surface area contributed by atoms with Crippen molar-refractivity contribution in [3.63, 3.8) is 0 Å². The number of anilines is 1. The normalized spacial score (nSPS) is 10.6. The van der Waals surface area contributed by atoms with Crippen LogP contribution in [0.15, 0.2) is 119 Å². The Kier molecular flexibility index (Phi) is 10.6. The van der Waals surface area contributed by atoms with Gasteiger partial charge in [-0.15, -0.1) is 0 Å². The third-order valence-corrected chi connectivity index (χ3v) is 7.15. The summed E-state index contributed by atoms with van der Waals surface area (Å²) in [6.45, 7) is 3.10. The van der Waals surface area contributed by atoms with Gasteiger partial charge < -0.3 is 10.1 Å². The number of ether oxygens (including phenoxy) is 1. The monoisotopic (exact) mass is 538 g/mol. The molecule has 2 amide bonds. The van der Waals surface area contributed by atoms with Crippen LogP contribution in [0.25, 0.3) is 0 Å². The first-order valence-electron chi connectivity index (χ1n) is 13.3. The van der Waals surface area contributed by atoms with Crippen LogP contribution in [-0.4, -0.2) is 25.1 Å². The molecule has 4 aromatic carbocycles. The number of urea groups is 1. The summed E-state index contributed by atoms with van der Waals surface area (Å²) in [5.74, 6) is 0.342. The second-order valence-corrected chi connectivity index (χ2v) is 10.3. The fourth-order valence-corrected chi connectivity index (χ4v) is 4.90. The predicted octanol–water partition coefficient (Wildman–Crippen LogP) is 7.54. The van der Waals surface area contributed by atoms with Gasteiger partial charge in [-0.1, -0.05) is 79.3 Å². The molecule has 0 aliphatic carbocycles. The molecule has 0 heterocycles. The predicted molar refractivity (Wildman–Crippen MR) is 159 cm³/mol. The zero-order valence-electron chi connectivity index (χ0n) is 22.2. The highest BCUT2D eigenvalue weighted by molar-refractivity contribution is 7.99. The number of carbonyl (C=O) groups excluding carboxylic acids is 2. The second kappa shape index (κ2) is 14.8. The Balaban J connectivity index is 1.39. The first kappa shape index (κ1) is 28.0. The van der Waals surface area contributed by atoms with Crippen LogP contribution in [0.3, 0.4) is 0 Å². The molecule has 1 N–H and O–H groups in total. The van der Waals surface area contributed by atoms with Gasteiger partial charge in [0, 0.05) is 35.0 Å². The van der Waals surface area contributed by atoms with Crippen molar-refractivity contribution in [1.82, 2.24) is 5.32 Å². The van der Waals surface area contributed by atoms with Crippen molar-refractivity contribution in [2.75, 3.05) is 18.0 Å². The third-order valence-electron chi connectivity index (χ3n) is 6.14. The molecule has 0 aliphatic heterocycles. The lowest BCUT2D eigenvalue weighted by Gasteiger charge is -2.24. The zero-order valence-corrected chi connectivity index (χ0v) is 23.0. The first-order chi connectivity index (χ1) is 19.1. The molecule has 200 valence electrons. The Morgan fingerprint density at radius 2 is 1.31 bits per heavy atom.